The molecule has 0 spiro atoms. The smallest absolute Gasteiger partial charge is 0.260 e. The zero-order valence-corrected chi connectivity index (χ0v) is 16.9. The second-order valence-electron chi connectivity index (χ2n) is 6.86. The van der Waals surface area contributed by atoms with E-state index in [9.17, 15) is 4.79 Å². The molecule has 27 heavy (non-hydrogen) atoms. The van der Waals surface area contributed by atoms with Gasteiger partial charge in [-0.05, 0) is 74.9 Å². The van der Waals surface area contributed by atoms with Crippen molar-refractivity contribution < 1.29 is 14.3 Å². The number of aryl methyl sites for hydroxylation is 3. The van der Waals surface area contributed by atoms with Crippen LogP contribution in [-0.4, -0.2) is 25.2 Å². The fraction of sp³-hybridized carbons (Fsp3) is 0.435. The van der Waals surface area contributed by atoms with Crippen LogP contribution < -0.4 is 14.8 Å². The van der Waals surface area contributed by atoms with Gasteiger partial charge in [-0.15, -0.1) is 0 Å². The average molecular weight is 370 g/mol. The van der Waals surface area contributed by atoms with Crippen LogP contribution in [0.4, 0.5) is 0 Å². The van der Waals surface area contributed by atoms with Crippen LogP contribution in [0.1, 0.15) is 43.4 Å². The Hall–Kier alpha value is -2.49. The van der Waals surface area contributed by atoms with Crippen molar-refractivity contribution in [1.82, 2.24) is 5.32 Å². The lowest BCUT2D eigenvalue weighted by molar-refractivity contribution is -0.127. The highest BCUT2D eigenvalue weighted by atomic mass is 16.5. The number of ether oxygens (including phenoxy) is 2. The molecule has 0 saturated heterocycles. The first-order chi connectivity index (χ1) is 13.0. The van der Waals surface area contributed by atoms with Gasteiger partial charge in [-0.1, -0.05) is 31.2 Å². The minimum Gasteiger partial charge on any atom is -0.493 e. The largest absolute Gasteiger partial charge is 0.493 e. The molecule has 146 valence electrons. The third-order valence-electron chi connectivity index (χ3n) is 4.52. The molecule has 1 atom stereocenters. The molecule has 0 saturated carbocycles. The Balaban J connectivity index is 1.76. The number of para-hydroxylation sites is 1. The van der Waals surface area contributed by atoms with Crippen molar-refractivity contribution in [3.8, 4) is 11.5 Å². The lowest BCUT2D eigenvalue weighted by Gasteiger charge is -2.16. The summed E-state index contributed by atoms with van der Waals surface area (Å²) >= 11 is 0. The van der Waals surface area contributed by atoms with Gasteiger partial charge in [-0.2, -0.15) is 0 Å². The number of amides is 1. The molecule has 2 aromatic carbocycles. The van der Waals surface area contributed by atoms with Gasteiger partial charge >= 0.3 is 0 Å². The van der Waals surface area contributed by atoms with E-state index in [4.69, 9.17) is 9.47 Å². The maximum atomic E-state index is 12.3. The molecule has 0 radical (unpaired) electrons. The minimum atomic E-state index is -0.521. The molecule has 4 heteroatoms. The van der Waals surface area contributed by atoms with Gasteiger partial charge in [-0.3, -0.25) is 4.79 Å². The van der Waals surface area contributed by atoms with Gasteiger partial charge < -0.3 is 14.8 Å². The number of carbonyl (C=O) groups excluding carboxylic acids is 1. The van der Waals surface area contributed by atoms with Gasteiger partial charge in [0.25, 0.3) is 5.91 Å². The van der Waals surface area contributed by atoms with Crippen molar-refractivity contribution in [2.24, 2.45) is 0 Å². The van der Waals surface area contributed by atoms with E-state index < -0.39 is 6.10 Å². The number of nitrogens with one attached hydrogen (secondary N) is 1. The van der Waals surface area contributed by atoms with Gasteiger partial charge in [0.2, 0.25) is 0 Å². The quantitative estimate of drug-likeness (QED) is 0.622. The van der Waals surface area contributed by atoms with Crippen molar-refractivity contribution in [1.29, 1.82) is 0 Å². The maximum Gasteiger partial charge on any atom is 0.260 e. The van der Waals surface area contributed by atoms with Crippen molar-refractivity contribution in [2.75, 3.05) is 13.2 Å². The number of carbonyl (C=O) groups is 1. The van der Waals surface area contributed by atoms with Crippen LogP contribution in [0.3, 0.4) is 0 Å². The van der Waals surface area contributed by atoms with Crippen LogP contribution in [0.5, 0.6) is 11.5 Å². The summed E-state index contributed by atoms with van der Waals surface area (Å²) in [6, 6.07) is 14.0. The van der Waals surface area contributed by atoms with E-state index in [2.05, 4.69) is 25.2 Å². The summed E-state index contributed by atoms with van der Waals surface area (Å²) in [7, 11) is 0. The Kier molecular flexibility index (Phi) is 8.18. The van der Waals surface area contributed by atoms with Crippen LogP contribution in [0, 0.1) is 13.8 Å². The highest BCUT2D eigenvalue weighted by molar-refractivity contribution is 5.80. The third-order valence-corrected chi connectivity index (χ3v) is 4.52. The van der Waals surface area contributed by atoms with E-state index in [1.807, 2.05) is 43.3 Å². The zero-order valence-electron chi connectivity index (χ0n) is 16.9. The van der Waals surface area contributed by atoms with Crippen molar-refractivity contribution >= 4 is 5.91 Å². The lowest BCUT2D eigenvalue weighted by atomic mass is 10.1. The zero-order chi connectivity index (χ0) is 19.6. The first-order valence-corrected chi connectivity index (χ1v) is 9.73. The van der Waals surface area contributed by atoms with Crippen LogP contribution in [0.2, 0.25) is 0 Å². The number of rotatable bonds is 10. The predicted octanol–water partition coefficient (Wildman–Crippen LogP) is 4.61. The third kappa shape index (κ3) is 6.63. The second kappa shape index (κ2) is 10.6. The van der Waals surface area contributed by atoms with Gasteiger partial charge in [-0.25, -0.2) is 0 Å². The Bertz CT molecular complexity index is 742. The molecule has 0 aliphatic carbocycles. The number of benzene rings is 2. The fourth-order valence-electron chi connectivity index (χ4n) is 2.74. The summed E-state index contributed by atoms with van der Waals surface area (Å²) < 4.78 is 11.5. The Morgan fingerprint density at radius 3 is 2.63 bits per heavy atom. The SMILES string of the molecule is CCCOc1ccccc1CCCNC(=O)C(C)Oc1ccc(C)c(C)c1. The van der Waals surface area contributed by atoms with Gasteiger partial charge in [0.05, 0.1) is 6.61 Å². The average Bonchev–Trinajstić information content (AvgIpc) is 2.67. The maximum absolute atomic E-state index is 12.3. The molecule has 0 heterocycles. The molecule has 0 aliphatic heterocycles. The minimum absolute atomic E-state index is 0.0938. The predicted molar refractivity (Wildman–Crippen MR) is 110 cm³/mol. The van der Waals surface area contributed by atoms with E-state index in [-0.39, 0.29) is 5.91 Å². The highest BCUT2D eigenvalue weighted by Gasteiger charge is 2.14. The Morgan fingerprint density at radius 2 is 1.89 bits per heavy atom. The summed E-state index contributed by atoms with van der Waals surface area (Å²) in [5.74, 6) is 1.57. The molecular formula is C23H31NO3. The van der Waals surface area contributed by atoms with Gasteiger partial charge in [0, 0.05) is 6.54 Å². The van der Waals surface area contributed by atoms with E-state index in [0.29, 0.717) is 6.54 Å². The Labute approximate surface area is 162 Å². The molecule has 0 aromatic heterocycles. The molecule has 1 N–H and O–H groups in total. The normalized spacial score (nSPS) is 11.7. The van der Waals surface area contributed by atoms with E-state index in [1.54, 1.807) is 6.92 Å². The summed E-state index contributed by atoms with van der Waals surface area (Å²) in [5.41, 5.74) is 3.55. The lowest BCUT2D eigenvalue weighted by Crippen LogP contribution is -2.37. The van der Waals surface area contributed by atoms with Crippen LogP contribution in [0.15, 0.2) is 42.5 Å². The first-order valence-electron chi connectivity index (χ1n) is 9.73. The molecule has 0 fully saturated rings. The summed E-state index contributed by atoms with van der Waals surface area (Å²) in [4.78, 5) is 12.3. The highest BCUT2D eigenvalue weighted by Crippen LogP contribution is 2.20. The molecule has 0 aliphatic rings. The standard InChI is InChI=1S/C23H31NO3/c1-5-15-26-22-11-7-6-9-20(22)10-8-14-24-23(25)19(4)27-21-13-12-17(2)18(3)16-21/h6-7,9,11-13,16,19H,5,8,10,14-15H2,1-4H3,(H,24,25). The topological polar surface area (TPSA) is 47.6 Å². The number of hydrogen-bond donors (Lipinski definition) is 1. The molecule has 0 bridgehead atoms. The molecule has 2 rings (SSSR count). The van der Waals surface area contributed by atoms with E-state index in [0.717, 1.165) is 42.9 Å². The van der Waals surface area contributed by atoms with Crippen molar-refractivity contribution in [2.45, 2.75) is 53.1 Å². The summed E-state index contributed by atoms with van der Waals surface area (Å²) in [5, 5.41) is 2.96. The van der Waals surface area contributed by atoms with Gasteiger partial charge in [0.15, 0.2) is 6.10 Å². The molecular weight excluding hydrogens is 338 g/mol. The van der Waals surface area contributed by atoms with E-state index >= 15 is 0 Å². The molecule has 2 aromatic rings. The molecule has 1 amide bonds. The van der Waals surface area contributed by atoms with Crippen LogP contribution in [-0.2, 0) is 11.2 Å². The van der Waals surface area contributed by atoms with Crippen molar-refractivity contribution in [3.63, 3.8) is 0 Å². The molecule has 4 nitrogen and oxygen atoms in total. The monoisotopic (exact) mass is 369 g/mol. The summed E-state index contributed by atoms with van der Waals surface area (Å²) in [6.45, 7) is 9.30. The van der Waals surface area contributed by atoms with Gasteiger partial charge in [0.1, 0.15) is 11.5 Å². The second-order valence-corrected chi connectivity index (χ2v) is 6.86. The van der Waals surface area contributed by atoms with Crippen LogP contribution in [0.25, 0.3) is 0 Å². The fourth-order valence-corrected chi connectivity index (χ4v) is 2.74. The summed E-state index contributed by atoms with van der Waals surface area (Å²) in [6.07, 6.45) is 2.19. The van der Waals surface area contributed by atoms with Crippen LogP contribution >= 0.6 is 0 Å². The Morgan fingerprint density at radius 1 is 1.11 bits per heavy atom. The van der Waals surface area contributed by atoms with E-state index in [1.165, 1.54) is 11.1 Å². The first kappa shape index (κ1) is 20.8. The van der Waals surface area contributed by atoms with Crippen molar-refractivity contribution in [3.05, 3.63) is 59.2 Å². The number of hydrogen-bond acceptors (Lipinski definition) is 3. The molecule has 1 unspecified atom stereocenters.